The van der Waals surface area contributed by atoms with Crippen LogP contribution in [-0.2, 0) is 0 Å². The number of nitrogens with zero attached hydrogens (tertiary/aromatic N) is 4. The number of para-hydroxylation sites is 1. The first-order valence-electron chi connectivity index (χ1n) is 4.75. The Kier molecular flexibility index (Phi) is 2.12. The second-order valence-electron chi connectivity index (χ2n) is 3.31. The van der Waals surface area contributed by atoms with Crippen LogP contribution in [0.2, 0.25) is 0 Å². The molecule has 1 N–H and O–H groups in total. The molecule has 0 saturated carbocycles. The molecule has 0 aliphatic heterocycles. The summed E-state index contributed by atoms with van der Waals surface area (Å²) in [5, 5.41) is 18.7. The number of carboxylic acids is 1. The smallest absolute Gasteiger partial charge is 0.355 e. The zero-order chi connectivity index (χ0) is 11.8. The van der Waals surface area contributed by atoms with E-state index in [1.165, 1.54) is 21.4 Å². The zero-order valence-electron chi connectivity index (χ0n) is 8.44. The van der Waals surface area contributed by atoms with Crippen LogP contribution in [-0.4, -0.2) is 31.1 Å². The van der Waals surface area contributed by atoms with E-state index in [2.05, 4.69) is 15.3 Å². The van der Waals surface area contributed by atoms with Crippen molar-refractivity contribution in [3.05, 3.63) is 35.3 Å². The summed E-state index contributed by atoms with van der Waals surface area (Å²) in [7, 11) is 0. The van der Waals surface area contributed by atoms with Crippen LogP contribution < -0.4 is 0 Å². The highest BCUT2D eigenvalue weighted by Gasteiger charge is 2.12. The Morgan fingerprint density at radius 2 is 2.18 bits per heavy atom. The second kappa shape index (κ2) is 3.63. The first kappa shape index (κ1) is 9.91. The van der Waals surface area contributed by atoms with Gasteiger partial charge in [-0.3, -0.25) is 0 Å². The Bertz CT molecular complexity index is 703. The molecule has 3 aromatic rings. The van der Waals surface area contributed by atoms with E-state index in [0.29, 0.717) is 5.13 Å². The normalized spacial score (nSPS) is 10.8. The molecule has 0 radical (unpaired) electrons. The highest BCUT2D eigenvalue weighted by atomic mass is 32.1. The van der Waals surface area contributed by atoms with Gasteiger partial charge in [-0.1, -0.05) is 17.3 Å². The fourth-order valence-electron chi connectivity index (χ4n) is 1.47. The van der Waals surface area contributed by atoms with Gasteiger partial charge in [0.1, 0.15) is 5.52 Å². The highest BCUT2D eigenvalue weighted by Crippen LogP contribution is 2.19. The molecule has 0 fully saturated rings. The minimum atomic E-state index is -1.04. The molecule has 17 heavy (non-hydrogen) atoms. The summed E-state index contributed by atoms with van der Waals surface area (Å²) in [6.45, 7) is 0. The minimum absolute atomic E-state index is 0.0181. The quantitative estimate of drug-likeness (QED) is 0.742. The molecular formula is C10H6N4O2S. The monoisotopic (exact) mass is 246 g/mol. The molecule has 0 unspecified atom stereocenters. The van der Waals surface area contributed by atoms with Crippen molar-refractivity contribution < 1.29 is 9.90 Å². The molecule has 6 nitrogen and oxygen atoms in total. The number of aromatic nitrogens is 4. The summed E-state index contributed by atoms with van der Waals surface area (Å²) >= 11 is 1.22. The van der Waals surface area contributed by atoms with E-state index in [0.717, 1.165) is 11.0 Å². The number of hydrogen-bond acceptors (Lipinski definition) is 5. The summed E-state index contributed by atoms with van der Waals surface area (Å²) in [5.41, 5.74) is 1.57. The van der Waals surface area contributed by atoms with Gasteiger partial charge in [0, 0.05) is 5.38 Å². The fourth-order valence-corrected chi connectivity index (χ4v) is 2.23. The first-order valence-corrected chi connectivity index (χ1v) is 5.63. The zero-order valence-corrected chi connectivity index (χ0v) is 9.26. The molecule has 0 spiro atoms. The van der Waals surface area contributed by atoms with Gasteiger partial charge in [-0.25, -0.2) is 9.78 Å². The van der Waals surface area contributed by atoms with E-state index < -0.39 is 5.97 Å². The minimum Gasteiger partial charge on any atom is -0.476 e. The third kappa shape index (κ3) is 1.56. The molecule has 2 aromatic heterocycles. The number of aromatic carboxylic acids is 1. The molecule has 0 aliphatic carbocycles. The fraction of sp³-hybridized carbons (Fsp3) is 0. The van der Waals surface area contributed by atoms with Crippen LogP contribution in [0.25, 0.3) is 16.2 Å². The van der Waals surface area contributed by atoms with E-state index in [4.69, 9.17) is 5.11 Å². The van der Waals surface area contributed by atoms with Crippen LogP contribution in [0.5, 0.6) is 0 Å². The Hall–Kier alpha value is -2.28. The van der Waals surface area contributed by atoms with Gasteiger partial charge in [0.05, 0.1) is 5.52 Å². The maximum Gasteiger partial charge on any atom is 0.355 e. The largest absolute Gasteiger partial charge is 0.476 e. The average molecular weight is 246 g/mol. The van der Waals surface area contributed by atoms with Gasteiger partial charge in [-0.2, -0.15) is 4.68 Å². The lowest BCUT2D eigenvalue weighted by molar-refractivity contribution is 0.0691. The molecule has 0 aliphatic rings. The van der Waals surface area contributed by atoms with Crippen molar-refractivity contribution in [2.45, 2.75) is 0 Å². The molecule has 0 amide bonds. The second-order valence-corrected chi connectivity index (χ2v) is 4.15. The Morgan fingerprint density at radius 1 is 1.35 bits per heavy atom. The average Bonchev–Trinajstić information content (AvgIpc) is 2.95. The third-order valence-corrected chi connectivity index (χ3v) is 3.06. The molecule has 0 atom stereocenters. The van der Waals surface area contributed by atoms with Crippen molar-refractivity contribution in [2.24, 2.45) is 0 Å². The molecule has 1 aromatic carbocycles. The lowest BCUT2D eigenvalue weighted by atomic mass is 10.3. The summed E-state index contributed by atoms with van der Waals surface area (Å²) in [4.78, 5) is 14.7. The highest BCUT2D eigenvalue weighted by molar-refractivity contribution is 7.12. The summed E-state index contributed by atoms with van der Waals surface area (Å²) in [5.74, 6) is -1.04. The van der Waals surface area contributed by atoms with Crippen molar-refractivity contribution in [3.8, 4) is 5.13 Å². The SMILES string of the molecule is O=C(O)c1csc(-n2nnc3ccccc32)n1. The van der Waals surface area contributed by atoms with Gasteiger partial charge < -0.3 is 5.11 Å². The van der Waals surface area contributed by atoms with Gasteiger partial charge in [0.25, 0.3) is 0 Å². The molecular weight excluding hydrogens is 240 g/mol. The van der Waals surface area contributed by atoms with Crippen LogP contribution in [0.15, 0.2) is 29.6 Å². The van der Waals surface area contributed by atoms with Crippen molar-refractivity contribution in [1.29, 1.82) is 0 Å². The number of rotatable bonds is 2. The maximum atomic E-state index is 10.7. The lowest BCUT2D eigenvalue weighted by Gasteiger charge is -1.94. The van der Waals surface area contributed by atoms with Gasteiger partial charge in [0.2, 0.25) is 5.13 Å². The Balaban J connectivity index is 2.17. The summed E-state index contributed by atoms with van der Waals surface area (Å²) in [6.07, 6.45) is 0. The topological polar surface area (TPSA) is 80.9 Å². The van der Waals surface area contributed by atoms with Gasteiger partial charge in [-0.05, 0) is 12.1 Å². The Labute approximate surface area is 99.1 Å². The van der Waals surface area contributed by atoms with E-state index in [1.54, 1.807) is 0 Å². The molecule has 2 heterocycles. The predicted octanol–water partition coefficient (Wildman–Crippen LogP) is 1.58. The van der Waals surface area contributed by atoms with Gasteiger partial charge in [0.15, 0.2) is 5.69 Å². The molecule has 84 valence electrons. The van der Waals surface area contributed by atoms with E-state index in [1.807, 2.05) is 24.3 Å². The summed E-state index contributed by atoms with van der Waals surface area (Å²) < 4.78 is 1.53. The molecule has 3 rings (SSSR count). The number of carbonyl (C=O) groups is 1. The lowest BCUT2D eigenvalue weighted by Crippen LogP contribution is -2.00. The van der Waals surface area contributed by atoms with Crippen molar-refractivity contribution in [2.75, 3.05) is 0 Å². The van der Waals surface area contributed by atoms with Crippen LogP contribution in [0.3, 0.4) is 0 Å². The number of benzene rings is 1. The van der Waals surface area contributed by atoms with Crippen LogP contribution in [0.4, 0.5) is 0 Å². The van der Waals surface area contributed by atoms with Crippen LogP contribution in [0, 0.1) is 0 Å². The van der Waals surface area contributed by atoms with Crippen molar-refractivity contribution in [1.82, 2.24) is 20.0 Å². The van der Waals surface area contributed by atoms with Crippen LogP contribution in [0.1, 0.15) is 10.5 Å². The van der Waals surface area contributed by atoms with Crippen molar-refractivity contribution in [3.63, 3.8) is 0 Å². The summed E-state index contributed by atoms with van der Waals surface area (Å²) in [6, 6.07) is 7.43. The van der Waals surface area contributed by atoms with Crippen molar-refractivity contribution >= 4 is 28.3 Å². The maximum absolute atomic E-state index is 10.7. The number of carboxylic acid groups (broad SMARTS) is 1. The number of hydrogen-bond donors (Lipinski definition) is 1. The van der Waals surface area contributed by atoms with E-state index >= 15 is 0 Å². The first-order chi connectivity index (χ1) is 8.25. The van der Waals surface area contributed by atoms with E-state index in [-0.39, 0.29) is 5.69 Å². The predicted molar refractivity (Wildman–Crippen MR) is 61.5 cm³/mol. The molecule has 7 heteroatoms. The number of fused-ring (bicyclic) bond motifs is 1. The number of thiazole rings is 1. The van der Waals surface area contributed by atoms with Gasteiger partial charge in [-0.15, -0.1) is 16.4 Å². The van der Waals surface area contributed by atoms with E-state index in [9.17, 15) is 4.79 Å². The third-order valence-electron chi connectivity index (χ3n) is 2.24. The molecule has 0 saturated heterocycles. The molecule has 0 bridgehead atoms. The van der Waals surface area contributed by atoms with Crippen LogP contribution >= 0.6 is 11.3 Å². The standard InChI is InChI=1S/C10H6N4O2S/c15-9(16)7-5-17-10(11-7)14-8-4-2-1-3-6(8)12-13-14/h1-5H,(H,15,16). The Morgan fingerprint density at radius 3 is 2.94 bits per heavy atom. The van der Waals surface area contributed by atoms with Gasteiger partial charge >= 0.3 is 5.97 Å².